The van der Waals surface area contributed by atoms with E-state index < -0.39 is 6.10 Å². The highest BCUT2D eigenvalue weighted by atomic mass is 16.5. The Morgan fingerprint density at radius 1 is 1.00 bits per heavy atom. The van der Waals surface area contributed by atoms with Crippen molar-refractivity contribution in [3.63, 3.8) is 0 Å². The summed E-state index contributed by atoms with van der Waals surface area (Å²) in [5.74, 6) is 0.787. The van der Waals surface area contributed by atoms with Crippen molar-refractivity contribution in [1.82, 2.24) is 0 Å². The number of benzene rings is 2. The van der Waals surface area contributed by atoms with Gasteiger partial charge in [0.25, 0.3) is 0 Å². The van der Waals surface area contributed by atoms with Gasteiger partial charge in [0, 0.05) is 0 Å². The number of ether oxygens (including phenoxy) is 2. The van der Waals surface area contributed by atoms with Crippen LogP contribution in [-0.2, 0) is 4.74 Å². The maximum Gasteiger partial charge on any atom is 0.137 e. The molecule has 0 unspecified atom stereocenters. The van der Waals surface area contributed by atoms with Crippen LogP contribution in [0.1, 0.15) is 13.8 Å². The zero-order valence-electron chi connectivity index (χ0n) is 16.0. The minimum absolute atomic E-state index is 0.224. The standard InChI is InChI=1S/C22H30NO3/c1-17-13-23(3,14-18(2)26-17)15-21(24)16-25-22-11-9-20(10-12-22)19-7-5-4-6-8-19/h4-12,17-18,21,24H,13-16H2,1-3H3/q+1/t17-,18-,21+/m1/s1. The van der Waals surface area contributed by atoms with Gasteiger partial charge in [-0.3, -0.25) is 0 Å². The third-order valence-electron chi connectivity index (χ3n) is 4.92. The Morgan fingerprint density at radius 2 is 1.58 bits per heavy atom. The second-order valence-electron chi connectivity index (χ2n) is 7.78. The first kappa shape index (κ1) is 18.9. The third-order valence-corrected chi connectivity index (χ3v) is 4.92. The molecule has 3 rings (SSSR count). The number of rotatable bonds is 6. The fourth-order valence-corrected chi connectivity index (χ4v) is 4.08. The highest BCUT2D eigenvalue weighted by Crippen LogP contribution is 2.22. The van der Waals surface area contributed by atoms with Gasteiger partial charge in [-0.15, -0.1) is 0 Å². The van der Waals surface area contributed by atoms with Crippen LogP contribution in [0.3, 0.4) is 0 Å². The molecule has 1 aliphatic rings. The molecule has 2 aromatic carbocycles. The Bertz CT molecular complexity index is 676. The lowest BCUT2D eigenvalue weighted by molar-refractivity contribution is -0.926. The predicted molar refractivity (Wildman–Crippen MR) is 104 cm³/mol. The molecule has 0 bridgehead atoms. The summed E-state index contributed by atoms with van der Waals surface area (Å²) in [5.41, 5.74) is 2.35. The molecule has 1 N–H and O–H groups in total. The maximum absolute atomic E-state index is 10.5. The predicted octanol–water partition coefficient (Wildman–Crippen LogP) is 3.35. The van der Waals surface area contributed by atoms with Gasteiger partial charge in [-0.2, -0.15) is 0 Å². The quantitative estimate of drug-likeness (QED) is 0.807. The molecule has 4 heteroatoms. The minimum atomic E-state index is -0.494. The molecule has 4 nitrogen and oxygen atoms in total. The average molecular weight is 356 g/mol. The van der Waals surface area contributed by atoms with Gasteiger partial charge in [0.2, 0.25) is 0 Å². The number of aliphatic hydroxyl groups is 1. The molecular weight excluding hydrogens is 326 g/mol. The Morgan fingerprint density at radius 3 is 2.19 bits per heavy atom. The van der Waals surface area contributed by atoms with Gasteiger partial charge in [-0.1, -0.05) is 42.5 Å². The number of likely N-dealkylation sites (N-methyl/N-ethyl adjacent to an activating group) is 1. The number of morpholine rings is 1. The molecule has 0 aliphatic carbocycles. The number of hydrogen-bond donors (Lipinski definition) is 1. The zero-order valence-corrected chi connectivity index (χ0v) is 16.0. The highest BCUT2D eigenvalue weighted by Gasteiger charge is 2.35. The minimum Gasteiger partial charge on any atom is -0.491 e. The van der Waals surface area contributed by atoms with Crippen LogP contribution in [0.4, 0.5) is 0 Å². The lowest BCUT2D eigenvalue weighted by Crippen LogP contribution is -2.60. The monoisotopic (exact) mass is 356 g/mol. The molecule has 1 saturated heterocycles. The molecule has 1 fully saturated rings. The molecule has 1 aliphatic heterocycles. The summed E-state index contributed by atoms with van der Waals surface area (Å²) in [5, 5.41) is 10.5. The van der Waals surface area contributed by atoms with Crippen molar-refractivity contribution in [2.45, 2.75) is 32.2 Å². The van der Waals surface area contributed by atoms with Gasteiger partial charge in [0.05, 0.1) is 7.05 Å². The first-order chi connectivity index (χ1) is 12.4. The Balaban J connectivity index is 1.52. The summed E-state index contributed by atoms with van der Waals surface area (Å²) in [6, 6.07) is 18.3. The lowest BCUT2D eigenvalue weighted by atomic mass is 10.1. The van der Waals surface area contributed by atoms with E-state index in [1.54, 1.807) is 0 Å². The molecule has 2 aromatic rings. The molecule has 140 valence electrons. The summed E-state index contributed by atoms with van der Waals surface area (Å²) in [4.78, 5) is 0. The van der Waals surface area contributed by atoms with E-state index >= 15 is 0 Å². The number of quaternary nitrogens is 1. The smallest absolute Gasteiger partial charge is 0.137 e. The van der Waals surface area contributed by atoms with Crippen molar-refractivity contribution < 1.29 is 19.1 Å². The van der Waals surface area contributed by atoms with Crippen LogP contribution < -0.4 is 4.74 Å². The molecule has 0 amide bonds. The van der Waals surface area contributed by atoms with E-state index in [2.05, 4.69) is 45.2 Å². The van der Waals surface area contributed by atoms with Crippen LogP contribution >= 0.6 is 0 Å². The molecular formula is C22H30NO3+. The largest absolute Gasteiger partial charge is 0.491 e. The molecule has 1 heterocycles. The Kier molecular flexibility index (Phi) is 5.97. The van der Waals surface area contributed by atoms with Gasteiger partial charge < -0.3 is 19.1 Å². The summed E-state index contributed by atoms with van der Waals surface area (Å²) in [6.45, 7) is 7.04. The van der Waals surface area contributed by atoms with E-state index in [0.29, 0.717) is 13.2 Å². The van der Waals surface area contributed by atoms with Crippen LogP contribution in [0.2, 0.25) is 0 Å². The molecule has 0 saturated carbocycles. The molecule has 0 aromatic heterocycles. The van der Waals surface area contributed by atoms with Gasteiger partial charge in [0.15, 0.2) is 0 Å². The van der Waals surface area contributed by atoms with E-state index in [9.17, 15) is 5.11 Å². The fraction of sp³-hybridized carbons (Fsp3) is 0.455. The van der Waals surface area contributed by atoms with E-state index in [1.165, 1.54) is 5.56 Å². The van der Waals surface area contributed by atoms with E-state index in [-0.39, 0.29) is 12.2 Å². The van der Waals surface area contributed by atoms with Crippen LogP contribution in [0.5, 0.6) is 5.75 Å². The number of hydrogen-bond acceptors (Lipinski definition) is 3. The first-order valence-corrected chi connectivity index (χ1v) is 9.39. The zero-order chi connectivity index (χ0) is 18.6. The summed E-state index contributed by atoms with van der Waals surface area (Å²) in [6.07, 6.45) is -0.0453. The third kappa shape index (κ3) is 5.07. The van der Waals surface area contributed by atoms with E-state index in [0.717, 1.165) is 28.9 Å². The normalized spacial score (nSPS) is 27.1. The molecule has 3 atom stereocenters. The molecule has 26 heavy (non-hydrogen) atoms. The number of nitrogens with zero attached hydrogens (tertiary/aromatic N) is 1. The second kappa shape index (κ2) is 8.21. The van der Waals surface area contributed by atoms with E-state index in [1.807, 2.05) is 30.3 Å². The van der Waals surface area contributed by atoms with Gasteiger partial charge in [0.1, 0.15) is 50.3 Å². The lowest BCUT2D eigenvalue weighted by Gasteiger charge is -2.43. The average Bonchev–Trinajstić information content (AvgIpc) is 2.59. The van der Waals surface area contributed by atoms with Crippen LogP contribution in [0.25, 0.3) is 11.1 Å². The van der Waals surface area contributed by atoms with Gasteiger partial charge in [-0.25, -0.2) is 0 Å². The van der Waals surface area contributed by atoms with Gasteiger partial charge >= 0.3 is 0 Å². The fourth-order valence-electron chi connectivity index (χ4n) is 4.08. The molecule has 0 radical (unpaired) electrons. The second-order valence-corrected chi connectivity index (χ2v) is 7.78. The summed E-state index contributed by atoms with van der Waals surface area (Å²) >= 11 is 0. The topological polar surface area (TPSA) is 38.7 Å². The van der Waals surface area contributed by atoms with E-state index in [4.69, 9.17) is 9.47 Å². The van der Waals surface area contributed by atoms with Gasteiger partial charge in [-0.05, 0) is 37.1 Å². The number of aliphatic hydroxyl groups excluding tert-OH is 1. The highest BCUT2D eigenvalue weighted by molar-refractivity contribution is 5.63. The van der Waals surface area contributed by atoms with Crippen molar-refractivity contribution in [3.8, 4) is 16.9 Å². The Hall–Kier alpha value is -1.88. The van der Waals surface area contributed by atoms with Crippen molar-refractivity contribution >= 4 is 0 Å². The van der Waals surface area contributed by atoms with Crippen LogP contribution in [0.15, 0.2) is 54.6 Å². The maximum atomic E-state index is 10.5. The Labute approximate surface area is 156 Å². The summed E-state index contributed by atoms with van der Waals surface area (Å²) in [7, 11) is 2.19. The van der Waals surface area contributed by atoms with Crippen molar-refractivity contribution in [3.05, 3.63) is 54.6 Å². The van der Waals surface area contributed by atoms with Crippen molar-refractivity contribution in [1.29, 1.82) is 0 Å². The SMILES string of the molecule is C[C@@H]1C[N+](C)(C[C@H](O)COc2ccc(-c3ccccc3)cc2)C[C@@H](C)O1. The summed E-state index contributed by atoms with van der Waals surface area (Å²) < 4.78 is 12.4. The van der Waals surface area contributed by atoms with Crippen molar-refractivity contribution in [2.24, 2.45) is 0 Å². The van der Waals surface area contributed by atoms with Crippen LogP contribution in [-0.4, -0.2) is 61.2 Å². The first-order valence-electron chi connectivity index (χ1n) is 9.39. The van der Waals surface area contributed by atoms with Crippen LogP contribution in [0, 0.1) is 0 Å². The van der Waals surface area contributed by atoms with Crippen molar-refractivity contribution in [2.75, 3.05) is 33.3 Å². The molecule has 0 spiro atoms.